The van der Waals surface area contributed by atoms with Crippen molar-refractivity contribution in [2.24, 2.45) is 0 Å². The predicted molar refractivity (Wildman–Crippen MR) is 37.7 cm³/mol. The summed E-state index contributed by atoms with van der Waals surface area (Å²) in [5, 5.41) is 8.37. The number of carbonyl (C=O) groups excluding carboxylic acids is 1. The van der Waals surface area contributed by atoms with Gasteiger partial charge in [0.15, 0.2) is 12.0 Å². The maximum atomic E-state index is 10.2. The van der Waals surface area contributed by atoms with Crippen LogP contribution in [-0.4, -0.2) is 17.4 Å². The molecule has 0 rings (SSSR count). The molecular formula is C7H8O4. The highest BCUT2D eigenvalue weighted by Crippen LogP contribution is 2.01. The fourth-order valence-electron chi connectivity index (χ4n) is 0.391. The van der Waals surface area contributed by atoms with E-state index in [4.69, 9.17) is 5.11 Å². The average Bonchev–Trinajstić information content (AvgIpc) is 1.99. The number of carboxylic acids is 1. The van der Waals surface area contributed by atoms with Gasteiger partial charge >= 0.3 is 5.97 Å². The van der Waals surface area contributed by atoms with Gasteiger partial charge in [-0.3, -0.25) is 4.79 Å². The fraction of sp³-hybridized carbons (Fsp3) is 0.143. The van der Waals surface area contributed by atoms with E-state index < -0.39 is 5.97 Å². The summed E-state index contributed by atoms with van der Waals surface area (Å²) in [6.45, 7) is 4.64. The minimum Gasteiger partial charge on any atom is -0.475 e. The zero-order valence-corrected chi connectivity index (χ0v) is 6.03. The van der Waals surface area contributed by atoms with Crippen molar-refractivity contribution in [1.29, 1.82) is 0 Å². The Labute approximate surface area is 63.8 Å². The van der Waals surface area contributed by atoms with Crippen LogP contribution in [0.15, 0.2) is 24.2 Å². The van der Waals surface area contributed by atoms with Gasteiger partial charge in [0.05, 0.1) is 0 Å². The molecule has 0 aromatic heterocycles. The van der Waals surface area contributed by atoms with E-state index in [1.165, 1.54) is 13.0 Å². The predicted octanol–water partition coefficient (Wildman–Crippen LogP) is 0.704. The normalized spacial score (nSPS) is 10.5. The molecule has 0 aromatic rings. The summed E-state index contributed by atoms with van der Waals surface area (Å²) >= 11 is 0. The molecule has 0 aliphatic heterocycles. The van der Waals surface area contributed by atoms with Crippen molar-refractivity contribution in [3.63, 3.8) is 0 Å². The van der Waals surface area contributed by atoms with Gasteiger partial charge < -0.3 is 9.84 Å². The molecule has 0 amide bonds. The first kappa shape index (κ1) is 9.42. The number of aliphatic carboxylic acids is 1. The Morgan fingerprint density at radius 1 is 1.64 bits per heavy atom. The van der Waals surface area contributed by atoms with Crippen LogP contribution >= 0.6 is 0 Å². The molecule has 0 bridgehead atoms. The van der Waals surface area contributed by atoms with Crippen molar-refractivity contribution < 1.29 is 19.4 Å². The molecule has 1 N–H and O–H groups in total. The molecule has 0 unspecified atom stereocenters. The summed E-state index contributed by atoms with van der Waals surface area (Å²) in [7, 11) is 0. The molecule has 0 aliphatic rings. The molecule has 0 atom stereocenters. The van der Waals surface area contributed by atoms with E-state index in [0.717, 1.165) is 0 Å². The van der Waals surface area contributed by atoms with E-state index >= 15 is 0 Å². The van der Waals surface area contributed by atoms with Crippen molar-refractivity contribution in [2.45, 2.75) is 6.92 Å². The number of ether oxygens (including phenoxy) is 1. The molecule has 0 saturated carbocycles. The lowest BCUT2D eigenvalue weighted by Gasteiger charge is -2.01. The monoisotopic (exact) mass is 156 g/mol. The Bertz CT molecular complexity index is 214. The highest BCUT2D eigenvalue weighted by atomic mass is 16.5. The van der Waals surface area contributed by atoms with E-state index in [2.05, 4.69) is 11.3 Å². The van der Waals surface area contributed by atoms with Crippen molar-refractivity contribution >= 4 is 12.3 Å². The first-order valence-corrected chi connectivity index (χ1v) is 2.83. The number of carbonyl (C=O) groups is 2. The standard InChI is InChI=1S/C7H8O4/c1-3-6(7(9)10)11-5(2)4-8/h3-4H,2H2,1H3,(H,9,10)/b6-3-. The van der Waals surface area contributed by atoms with Gasteiger partial charge in [0.25, 0.3) is 0 Å². The van der Waals surface area contributed by atoms with Crippen LogP contribution in [0.1, 0.15) is 6.92 Å². The summed E-state index contributed by atoms with van der Waals surface area (Å²) in [4.78, 5) is 20.2. The fourth-order valence-corrected chi connectivity index (χ4v) is 0.391. The number of carboxylic acid groups (broad SMARTS) is 1. The zero-order chi connectivity index (χ0) is 8.85. The Hall–Kier alpha value is -1.58. The topological polar surface area (TPSA) is 63.6 Å². The summed E-state index contributed by atoms with van der Waals surface area (Å²) in [6, 6.07) is 0. The molecule has 11 heavy (non-hydrogen) atoms. The quantitative estimate of drug-likeness (QED) is 0.369. The molecule has 0 fully saturated rings. The van der Waals surface area contributed by atoms with Crippen LogP contribution in [0.2, 0.25) is 0 Å². The largest absolute Gasteiger partial charge is 0.475 e. The molecule has 0 saturated heterocycles. The number of allylic oxidation sites excluding steroid dienone is 2. The lowest BCUT2D eigenvalue weighted by atomic mass is 10.4. The number of hydrogen-bond acceptors (Lipinski definition) is 3. The van der Waals surface area contributed by atoms with E-state index in [0.29, 0.717) is 6.29 Å². The molecule has 0 aromatic carbocycles. The molecule has 0 radical (unpaired) electrons. The van der Waals surface area contributed by atoms with Crippen molar-refractivity contribution in [1.82, 2.24) is 0 Å². The van der Waals surface area contributed by atoms with Crippen LogP contribution in [0.4, 0.5) is 0 Å². The third-order valence-corrected chi connectivity index (χ3v) is 0.845. The Morgan fingerprint density at radius 3 is 2.45 bits per heavy atom. The minimum absolute atomic E-state index is 0.222. The van der Waals surface area contributed by atoms with Crippen molar-refractivity contribution in [3.8, 4) is 0 Å². The summed E-state index contributed by atoms with van der Waals surface area (Å²) in [5.74, 6) is -1.75. The Kier molecular flexibility index (Phi) is 3.66. The van der Waals surface area contributed by atoms with E-state index in [1.54, 1.807) is 0 Å². The third kappa shape index (κ3) is 3.20. The van der Waals surface area contributed by atoms with Crippen LogP contribution < -0.4 is 0 Å². The second-order valence-electron chi connectivity index (χ2n) is 1.64. The lowest BCUT2D eigenvalue weighted by Crippen LogP contribution is -2.04. The van der Waals surface area contributed by atoms with Gasteiger partial charge in [-0.05, 0) is 13.0 Å². The maximum absolute atomic E-state index is 10.2. The number of hydrogen-bond donors (Lipinski definition) is 1. The SMILES string of the molecule is C=C(C=O)O/C(=C\C)C(=O)O. The van der Waals surface area contributed by atoms with Gasteiger partial charge in [0.2, 0.25) is 5.76 Å². The highest BCUT2D eigenvalue weighted by Gasteiger charge is 2.07. The van der Waals surface area contributed by atoms with E-state index in [9.17, 15) is 9.59 Å². The molecule has 4 nitrogen and oxygen atoms in total. The minimum atomic E-state index is -1.23. The maximum Gasteiger partial charge on any atom is 0.371 e. The van der Waals surface area contributed by atoms with Crippen molar-refractivity contribution in [2.75, 3.05) is 0 Å². The first-order valence-electron chi connectivity index (χ1n) is 2.83. The lowest BCUT2D eigenvalue weighted by molar-refractivity contribution is -0.136. The third-order valence-electron chi connectivity index (χ3n) is 0.845. The van der Waals surface area contributed by atoms with Crippen LogP contribution in [0.3, 0.4) is 0 Å². The molecule has 60 valence electrons. The average molecular weight is 156 g/mol. The smallest absolute Gasteiger partial charge is 0.371 e. The van der Waals surface area contributed by atoms with Crippen LogP contribution in [0.5, 0.6) is 0 Å². The Balaban J connectivity index is 4.22. The van der Waals surface area contributed by atoms with Gasteiger partial charge in [-0.15, -0.1) is 0 Å². The van der Waals surface area contributed by atoms with Gasteiger partial charge in [-0.25, -0.2) is 4.79 Å². The van der Waals surface area contributed by atoms with Gasteiger partial charge in [0.1, 0.15) is 0 Å². The number of rotatable bonds is 4. The van der Waals surface area contributed by atoms with Crippen LogP contribution in [0, 0.1) is 0 Å². The van der Waals surface area contributed by atoms with Gasteiger partial charge in [-0.1, -0.05) is 6.58 Å². The second kappa shape index (κ2) is 4.27. The molecule has 0 aliphatic carbocycles. The summed E-state index contributed by atoms with van der Waals surface area (Å²) in [6.07, 6.45) is 1.57. The van der Waals surface area contributed by atoms with Gasteiger partial charge in [0, 0.05) is 0 Å². The zero-order valence-electron chi connectivity index (χ0n) is 6.03. The Morgan fingerprint density at radius 2 is 2.18 bits per heavy atom. The van der Waals surface area contributed by atoms with Gasteiger partial charge in [-0.2, -0.15) is 0 Å². The van der Waals surface area contributed by atoms with E-state index in [1.807, 2.05) is 0 Å². The van der Waals surface area contributed by atoms with Crippen molar-refractivity contribution in [3.05, 3.63) is 24.2 Å². The summed E-state index contributed by atoms with van der Waals surface area (Å²) < 4.78 is 4.51. The highest BCUT2D eigenvalue weighted by molar-refractivity contribution is 5.85. The molecule has 0 spiro atoms. The molecule has 4 heteroatoms. The molecular weight excluding hydrogens is 148 g/mol. The van der Waals surface area contributed by atoms with Crippen LogP contribution in [0.25, 0.3) is 0 Å². The number of aldehydes is 1. The van der Waals surface area contributed by atoms with Crippen LogP contribution in [-0.2, 0) is 14.3 Å². The summed E-state index contributed by atoms with van der Waals surface area (Å²) in [5.41, 5.74) is 0. The molecule has 0 heterocycles. The first-order chi connectivity index (χ1) is 5.11. The van der Waals surface area contributed by atoms with E-state index in [-0.39, 0.29) is 11.5 Å². The second-order valence-corrected chi connectivity index (χ2v) is 1.64.